The molecule has 1 aliphatic carbocycles. The van der Waals surface area contributed by atoms with Crippen molar-refractivity contribution in [2.75, 3.05) is 11.9 Å². The van der Waals surface area contributed by atoms with Gasteiger partial charge in [0.2, 0.25) is 5.82 Å². The van der Waals surface area contributed by atoms with Gasteiger partial charge in [-0.15, -0.1) is 0 Å². The van der Waals surface area contributed by atoms with Gasteiger partial charge in [-0.05, 0) is 30.0 Å². The van der Waals surface area contributed by atoms with E-state index in [1.165, 1.54) is 17.0 Å². The number of hydrogen-bond donors (Lipinski definition) is 4. The number of nitrogens with zero attached hydrogens (tertiary/aromatic N) is 5. The molecule has 2 fully saturated rings. The van der Waals surface area contributed by atoms with Gasteiger partial charge in [-0.1, -0.05) is 36.3 Å². The van der Waals surface area contributed by atoms with Crippen molar-refractivity contribution in [2.45, 2.75) is 42.9 Å². The van der Waals surface area contributed by atoms with Gasteiger partial charge in [0.1, 0.15) is 18.3 Å². The normalized spacial score (nSPS) is 25.7. The maximum absolute atomic E-state index is 11.2. The number of fused-ring (bicyclic) bond motifs is 1. The zero-order chi connectivity index (χ0) is 27.1. The van der Waals surface area contributed by atoms with E-state index in [9.17, 15) is 25.4 Å². The zero-order valence-electron chi connectivity index (χ0n) is 20.5. The van der Waals surface area contributed by atoms with Crippen molar-refractivity contribution in [1.82, 2.24) is 19.5 Å². The molecule has 6 atom stereocenters. The number of non-ortho nitro benzene ring substituents is 1. The minimum atomic E-state index is -1.31. The molecule has 12 nitrogen and oxygen atoms in total. The number of hydrogen-bond acceptors (Lipinski definition) is 10. The van der Waals surface area contributed by atoms with E-state index >= 15 is 0 Å². The summed E-state index contributed by atoms with van der Waals surface area (Å²) in [6.07, 6.45) is -2.40. The maximum atomic E-state index is 11.2. The van der Waals surface area contributed by atoms with Gasteiger partial charge < -0.3 is 25.4 Å². The Kier molecular flexibility index (Phi) is 6.41. The number of aliphatic hydroxyl groups excluding tert-OH is 3. The highest BCUT2D eigenvalue weighted by Crippen LogP contribution is 2.44. The van der Waals surface area contributed by atoms with Crippen LogP contribution in [0.25, 0.3) is 11.2 Å². The summed E-state index contributed by atoms with van der Waals surface area (Å²) >= 11 is 0. The summed E-state index contributed by atoms with van der Waals surface area (Å²) in [5, 5.41) is 44.9. The number of aliphatic hydroxyl groups is 3. The first-order valence-electron chi connectivity index (χ1n) is 12.4. The van der Waals surface area contributed by atoms with Crippen LogP contribution >= 0.6 is 0 Å². The van der Waals surface area contributed by atoms with Crippen molar-refractivity contribution in [3.05, 3.63) is 88.0 Å². The molecule has 3 heterocycles. The van der Waals surface area contributed by atoms with E-state index in [-0.39, 0.29) is 23.5 Å². The van der Waals surface area contributed by atoms with Crippen LogP contribution in [0.5, 0.6) is 0 Å². The Morgan fingerprint density at radius 3 is 2.67 bits per heavy atom. The fraction of sp³-hybridized carbons (Fsp3) is 0.296. The molecule has 6 rings (SSSR count). The highest BCUT2D eigenvalue weighted by Gasteiger charge is 2.44. The van der Waals surface area contributed by atoms with Crippen molar-refractivity contribution >= 4 is 22.7 Å². The Morgan fingerprint density at radius 2 is 1.92 bits per heavy atom. The number of benzene rings is 2. The van der Waals surface area contributed by atoms with Gasteiger partial charge in [-0.25, -0.2) is 15.0 Å². The average molecular weight is 529 g/mol. The number of anilines is 1. The summed E-state index contributed by atoms with van der Waals surface area (Å²) in [5.74, 6) is 6.69. The first kappa shape index (κ1) is 24.9. The molecule has 1 saturated heterocycles. The van der Waals surface area contributed by atoms with Gasteiger partial charge in [0, 0.05) is 29.7 Å². The van der Waals surface area contributed by atoms with Gasteiger partial charge >= 0.3 is 0 Å². The molecule has 12 heteroatoms. The Balaban J connectivity index is 1.36. The highest BCUT2D eigenvalue weighted by atomic mass is 16.6. The first-order valence-corrected chi connectivity index (χ1v) is 12.4. The minimum Gasteiger partial charge on any atom is -0.394 e. The maximum Gasteiger partial charge on any atom is 0.269 e. The van der Waals surface area contributed by atoms with Crippen LogP contribution in [0.2, 0.25) is 0 Å². The second-order valence-electron chi connectivity index (χ2n) is 9.51. The summed E-state index contributed by atoms with van der Waals surface area (Å²) in [7, 11) is 0. The molecule has 4 N–H and O–H groups in total. The molecule has 39 heavy (non-hydrogen) atoms. The summed E-state index contributed by atoms with van der Waals surface area (Å²) in [4.78, 5) is 24.4. The number of ether oxygens (including phenoxy) is 1. The van der Waals surface area contributed by atoms with Crippen LogP contribution in [0.15, 0.2) is 60.9 Å². The Labute approximate surface area is 222 Å². The predicted octanol–water partition coefficient (Wildman–Crippen LogP) is 1.71. The van der Waals surface area contributed by atoms with Crippen LogP contribution in [0.4, 0.5) is 11.5 Å². The average Bonchev–Trinajstić information content (AvgIpc) is 3.50. The molecular formula is C27H24N6O6. The second-order valence-corrected chi connectivity index (χ2v) is 9.51. The Morgan fingerprint density at radius 1 is 1.10 bits per heavy atom. The number of nitrogens with one attached hydrogen (secondary N) is 1. The van der Waals surface area contributed by atoms with Gasteiger partial charge in [0.25, 0.3) is 5.69 Å². The molecule has 0 amide bonds. The number of imidazole rings is 1. The van der Waals surface area contributed by atoms with E-state index in [0.29, 0.717) is 17.0 Å². The second kappa shape index (κ2) is 10.0. The van der Waals surface area contributed by atoms with Crippen LogP contribution in [0.1, 0.15) is 35.5 Å². The van der Waals surface area contributed by atoms with Crippen LogP contribution in [-0.4, -0.2) is 70.7 Å². The predicted molar refractivity (Wildman–Crippen MR) is 139 cm³/mol. The molecule has 0 spiro atoms. The number of aromatic nitrogens is 4. The van der Waals surface area contributed by atoms with E-state index < -0.39 is 36.1 Å². The summed E-state index contributed by atoms with van der Waals surface area (Å²) in [5.41, 5.74) is 2.40. The van der Waals surface area contributed by atoms with Crippen molar-refractivity contribution in [1.29, 1.82) is 0 Å². The quantitative estimate of drug-likeness (QED) is 0.164. The summed E-state index contributed by atoms with van der Waals surface area (Å²) < 4.78 is 7.19. The Bertz CT molecular complexity index is 1600. The third-order valence-electron chi connectivity index (χ3n) is 6.93. The SMILES string of the molecule is O=[N+]([O-])c1cccc(C2CC2Nc2nc(C#Cc3ccccc3)nc3c2ncn3[C@@H]2O[C@H](CO)[C@@H](O)[C@H]2O)c1. The topological polar surface area (TPSA) is 169 Å². The number of nitro groups is 1. The van der Waals surface area contributed by atoms with E-state index in [4.69, 9.17) is 4.74 Å². The van der Waals surface area contributed by atoms with E-state index in [2.05, 4.69) is 32.1 Å². The molecule has 1 saturated carbocycles. The molecule has 2 aliphatic rings. The third-order valence-corrected chi connectivity index (χ3v) is 6.93. The van der Waals surface area contributed by atoms with Crippen molar-refractivity contribution < 1.29 is 25.0 Å². The lowest BCUT2D eigenvalue weighted by Crippen LogP contribution is -2.33. The number of nitro benzene ring substituents is 1. The summed E-state index contributed by atoms with van der Waals surface area (Å²) in [6.45, 7) is -0.461. The molecular weight excluding hydrogens is 504 g/mol. The molecule has 2 unspecified atom stereocenters. The van der Waals surface area contributed by atoms with Crippen molar-refractivity contribution in [2.24, 2.45) is 0 Å². The molecule has 0 radical (unpaired) electrons. The fourth-order valence-electron chi connectivity index (χ4n) is 4.79. The van der Waals surface area contributed by atoms with Gasteiger partial charge in [0.15, 0.2) is 23.2 Å². The van der Waals surface area contributed by atoms with E-state index in [1.807, 2.05) is 36.4 Å². The zero-order valence-corrected chi connectivity index (χ0v) is 20.5. The van der Waals surface area contributed by atoms with Gasteiger partial charge in [-0.2, -0.15) is 0 Å². The lowest BCUT2D eigenvalue weighted by molar-refractivity contribution is -0.384. The lowest BCUT2D eigenvalue weighted by Gasteiger charge is -2.16. The molecule has 0 bridgehead atoms. The van der Waals surface area contributed by atoms with Gasteiger partial charge in [0.05, 0.1) is 17.9 Å². The fourth-order valence-corrected chi connectivity index (χ4v) is 4.79. The molecule has 198 valence electrons. The van der Waals surface area contributed by atoms with Crippen LogP contribution in [-0.2, 0) is 4.74 Å². The Hall–Kier alpha value is -4.41. The number of rotatable bonds is 6. The minimum absolute atomic E-state index is 0.0401. The first-order chi connectivity index (χ1) is 18.9. The van der Waals surface area contributed by atoms with E-state index in [0.717, 1.165) is 17.5 Å². The van der Waals surface area contributed by atoms with Crippen molar-refractivity contribution in [3.63, 3.8) is 0 Å². The molecule has 2 aromatic heterocycles. The van der Waals surface area contributed by atoms with Crippen LogP contribution in [0, 0.1) is 22.0 Å². The van der Waals surface area contributed by atoms with E-state index in [1.54, 1.807) is 12.1 Å². The molecule has 1 aliphatic heterocycles. The van der Waals surface area contributed by atoms with Gasteiger partial charge in [-0.3, -0.25) is 14.7 Å². The molecule has 4 aromatic rings. The molecule has 2 aromatic carbocycles. The van der Waals surface area contributed by atoms with Crippen molar-refractivity contribution in [3.8, 4) is 11.8 Å². The van der Waals surface area contributed by atoms with Crippen LogP contribution in [0.3, 0.4) is 0 Å². The van der Waals surface area contributed by atoms with Crippen LogP contribution < -0.4 is 5.32 Å². The lowest BCUT2D eigenvalue weighted by atomic mass is 10.1. The largest absolute Gasteiger partial charge is 0.394 e. The third kappa shape index (κ3) is 4.80. The monoisotopic (exact) mass is 528 g/mol. The standard InChI is InChI=1S/C27H24N6O6/c34-13-20-23(35)24(36)27(39-20)32-14-28-22-25(29-19-12-18(19)16-7-4-8-17(11-16)33(37)38)30-21(31-26(22)32)10-9-15-5-2-1-3-6-15/h1-8,11,14,18-20,23-24,27,34-36H,12-13H2,(H,29,30,31)/t18?,19?,20-,23-,24-,27-/m1/s1. The highest BCUT2D eigenvalue weighted by molar-refractivity contribution is 5.84. The smallest absolute Gasteiger partial charge is 0.269 e. The summed E-state index contributed by atoms with van der Waals surface area (Å²) in [6, 6.07) is 15.9.